The van der Waals surface area contributed by atoms with Crippen LogP contribution in [0.4, 0.5) is 0 Å². The highest BCUT2D eigenvalue weighted by molar-refractivity contribution is 5.93. The molecule has 1 amide bonds. The van der Waals surface area contributed by atoms with Crippen molar-refractivity contribution in [3.63, 3.8) is 0 Å². The van der Waals surface area contributed by atoms with Gasteiger partial charge in [0.2, 0.25) is 0 Å². The van der Waals surface area contributed by atoms with E-state index < -0.39 is 0 Å². The molecule has 1 fully saturated rings. The van der Waals surface area contributed by atoms with E-state index >= 15 is 0 Å². The van der Waals surface area contributed by atoms with Gasteiger partial charge in [-0.2, -0.15) is 0 Å². The summed E-state index contributed by atoms with van der Waals surface area (Å²) < 4.78 is 0. The quantitative estimate of drug-likeness (QED) is 0.905. The Kier molecular flexibility index (Phi) is 4.15. The summed E-state index contributed by atoms with van der Waals surface area (Å²) in [4.78, 5) is 21.0. The van der Waals surface area contributed by atoms with Crippen molar-refractivity contribution in [1.82, 2.24) is 15.3 Å². The van der Waals surface area contributed by atoms with Gasteiger partial charge in [-0.15, -0.1) is 0 Å². The minimum Gasteiger partial charge on any atom is -0.393 e. The van der Waals surface area contributed by atoms with Gasteiger partial charge in [-0.3, -0.25) is 14.8 Å². The van der Waals surface area contributed by atoms with E-state index in [0.717, 1.165) is 11.3 Å². The molecule has 0 spiro atoms. The Bertz CT molecular complexity index is 654. The number of aromatic nitrogens is 2. The van der Waals surface area contributed by atoms with Gasteiger partial charge in [0.1, 0.15) is 5.69 Å². The second-order valence-electron chi connectivity index (χ2n) is 5.76. The lowest BCUT2D eigenvalue weighted by atomic mass is 9.76. The zero-order chi connectivity index (χ0) is 15.5. The predicted molar refractivity (Wildman–Crippen MR) is 82.1 cm³/mol. The molecule has 1 saturated carbocycles. The fourth-order valence-electron chi connectivity index (χ4n) is 2.83. The van der Waals surface area contributed by atoms with Crippen LogP contribution in [0.2, 0.25) is 0 Å². The van der Waals surface area contributed by atoms with Crippen molar-refractivity contribution in [2.45, 2.75) is 31.9 Å². The number of carbonyl (C=O) groups excluding carboxylic acids is 1. The standard InChI is InChI=1S/C17H19N3O2/c1-11-5-4-8-19-15(11)17(22)20-16(12-9-13(21)10-12)14-6-2-3-7-18-14/h2-8,12-13,16,21H,9-10H2,1H3,(H,20,22)/t12?,13?,16-/m1/s1. The molecule has 0 aromatic carbocycles. The van der Waals surface area contributed by atoms with E-state index in [9.17, 15) is 9.90 Å². The lowest BCUT2D eigenvalue weighted by molar-refractivity contribution is 0.0227. The maximum atomic E-state index is 12.5. The Morgan fingerprint density at radius 2 is 2.00 bits per heavy atom. The molecule has 2 aromatic rings. The number of pyridine rings is 2. The third-order valence-corrected chi connectivity index (χ3v) is 4.14. The highest BCUT2D eigenvalue weighted by atomic mass is 16.3. The van der Waals surface area contributed by atoms with Crippen LogP contribution < -0.4 is 5.32 Å². The molecule has 0 aliphatic heterocycles. The first-order chi connectivity index (χ1) is 10.6. The molecule has 22 heavy (non-hydrogen) atoms. The number of hydrogen-bond acceptors (Lipinski definition) is 4. The van der Waals surface area contributed by atoms with Crippen LogP contribution in [0.15, 0.2) is 42.7 Å². The number of nitrogens with zero attached hydrogens (tertiary/aromatic N) is 2. The Morgan fingerprint density at radius 3 is 2.64 bits per heavy atom. The lowest BCUT2D eigenvalue weighted by Crippen LogP contribution is -2.42. The first-order valence-corrected chi connectivity index (χ1v) is 7.46. The molecule has 1 aliphatic rings. The molecule has 2 aromatic heterocycles. The number of rotatable bonds is 4. The summed E-state index contributed by atoms with van der Waals surface area (Å²) in [6.45, 7) is 1.87. The number of amides is 1. The molecule has 2 N–H and O–H groups in total. The molecule has 2 heterocycles. The van der Waals surface area contributed by atoms with E-state index in [1.54, 1.807) is 12.4 Å². The van der Waals surface area contributed by atoms with Gasteiger partial charge in [-0.05, 0) is 49.4 Å². The average molecular weight is 297 g/mol. The summed E-state index contributed by atoms with van der Waals surface area (Å²) >= 11 is 0. The number of aliphatic hydroxyl groups excluding tert-OH is 1. The number of aliphatic hydroxyl groups is 1. The van der Waals surface area contributed by atoms with E-state index in [-0.39, 0.29) is 24.0 Å². The van der Waals surface area contributed by atoms with E-state index in [2.05, 4.69) is 15.3 Å². The van der Waals surface area contributed by atoms with Crippen LogP contribution in [0.5, 0.6) is 0 Å². The van der Waals surface area contributed by atoms with Crippen LogP contribution in [-0.4, -0.2) is 27.1 Å². The zero-order valence-electron chi connectivity index (χ0n) is 12.4. The van der Waals surface area contributed by atoms with Crippen molar-refractivity contribution in [1.29, 1.82) is 0 Å². The van der Waals surface area contributed by atoms with Crippen LogP contribution in [0.25, 0.3) is 0 Å². The number of aryl methyl sites for hydroxylation is 1. The third-order valence-electron chi connectivity index (χ3n) is 4.14. The van der Waals surface area contributed by atoms with Crippen LogP contribution in [-0.2, 0) is 0 Å². The Morgan fingerprint density at radius 1 is 1.23 bits per heavy atom. The summed E-state index contributed by atoms with van der Waals surface area (Å²) in [5.41, 5.74) is 2.10. The molecule has 1 atom stereocenters. The number of carbonyl (C=O) groups is 1. The van der Waals surface area contributed by atoms with Crippen molar-refractivity contribution in [3.05, 3.63) is 59.7 Å². The van der Waals surface area contributed by atoms with E-state index in [4.69, 9.17) is 0 Å². The largest absolute Gasteiger partial charge is 0.393 e. The molecular formula is C17H19N3O2. The maximum Gasteiger partial charge on any atom is 0.270 e. The van der Waals surface area contributed by atoms with Crippen molar-refractivity contribution < 1.29 is 9.90 Å². The molecule has 5 heteroatoms. The van der Waals surface area contributed by atoms with E-state index in [0.29, 0.717) is 18.5 Å². The van der Waals surface area contributed by atoms with Gasteiger partial charge in [0.25, 0.3) is 5.91 Å². The summed E-state index contributed by atoms with van der Waals surface area (Å²) in [5.74, 6) is 0.00742. The van der Waals surface area contributed by atoms with Crippen LogP contribution in [0.3, 0.4) is 0 Å². The Hall–Kier alpha value is -2.27. The molecule has 3 rings (SSSR count). The van der Waals surface area contributed by atoms with Crippen LogP contribution in [0, 0.1) is 12.8 Å². The van der Waals surface area contributed by atoms with Crippen molar-refractivity contribution in [2.24, 2.45) is 5.92 Å². The van der Waals surface area contributed by atoms with Gasteiger partial charge in [0, 0.05) is 12.4 Å². The molecular weight excluding hydrogens is 278 g/mol. The summed E-state index contributed by atoms with van der Waals surface area (Å²) in [5, 5.41) is 12.6. The van der Waals surface area contributed by atoms with Gasteiger partial charge in [-0.25, -0.2) is 0 Å². The second-order valence-corrected chi connectivity index (χ2v) is 5.76. The third kappa shape index (κ3) is 2.99. The zero-order valence-corrected chi connectivity index (χ0v) is 12.4. The first kappa shape index (κ1) is 14.7. The first-order valence-electron chi connectivity index (χ1n) is 7.46. The number of nitrogens with one attached hydrogen (secondary N) is 1. The summed E-state index contributed by atoms with van der Waals surface area (Å²) in [7, 11) is 0. The molecule has 0 bridgehead atoms. The monoisotopic (exact) mass is 297 g/mol. The molecule has 5 nitrogen and oxygen atoms in total. The highest BCUT2D eigenvalue weighted by Crippen LogP contribution is 2.37. The topological polar surface area (TPSA) is 75.1 Å². The van der Waals surface area contributed by atoms with Crippen molar-refractivity contribution in [3.8, 4) is 0 Å². The van der Waals surface area contributed by atoms with E-state index in [1.165, 1.54) is 0 Å². The Labute approximate surface area is 129 Å². The fraction of sp³-hybridized carbons (Fsp3) is 0.353. The van der Waals surface area contributed by atoms with Crippen molar-refractivity contribution >= 4 is 5.91 Å². The van der Waals surface area contributed by atoms with Crippen LogP contribution >= 0.6 is 0 Å². The van der Waals surface area contributed by atoms with Gasteiger partial charge in [-0.1, -0.05) is 12.1 Å². The molecule has 114 valence electrons. The van der Waals surface area contributed by atoms with Gasteiger partial charge in [0.05, 0.1) is 17.8 Å². The minimum atomic E-state index is -0.273. The predicted octanol–water partition coefficient (Wildman–Crippen LogP) is 2.03. The van der Waals surface area contributed by atoms with Crippen molar-refractivity contribution in [2.75, 3.05) is 0 Å². The SMILES string of the molecule is Cc1cccnc1C(=O)N[C@@H](c1ccccn1)C1CC(O)C1. The highest BCUT2D eigenvalue weighted by Gasteiger charge is 2.36. The van der Waals surface area contributed by atoms with Gasteiger partial charge in [0.15, 0.2) is 0 Å². The molecule has 0 unspecified atom stereocenters. The second kappa shape index (κ2) is 6.23. The minimum absolute atomic E-state index is 0.196. The normalized spacial score (nSPS) is 21.7. The fourth-order valence-corrected chi connectivity index (χ4v) is 2.83. The van der Waals surface area contributed by atoms with Gasteiger partial charge >= 0.3 is 0 Å². The van der Waals surface area contributed by atoms with Gasteiger partial charge < -0.3 is 10.4 Å². The molecule has 1 aliphatic carbocycles. The summed E-state index contributed by atoms with van der Waals surface area (Å²) in [6, 6.07) is 9.14. The molecule has 0 radical (unpaired) electrons. The average Bonchev–Trinajstić information content (AvgIpc) is 2.51. The lowest BCUT2D eigenvalue weighted by Gasteiger charge is -2.37. The molecule has 0 saturated heterocycles. The summed E-state index contributed by atoms with van der Waals surface area (Å²) in [6.07, 6.45) is 4.43. The smallest absolute Gasteiger partial charge is 0.270 e. The maximum absolute atomic E-state index is 12.5. The number of hydrogen-bond donors (Lipinski definition) is 2. The van der Waals surface area contributed by atoms with E-state index in [1.807, 2.05) is 37.3 Å². The van der Waals surface area contributed by atoms with Crippen LogP contribution in [0.1, 0.15) is 40.6 Å². The Balaban J connectivity index is 1.81.